The third kappa shape index (κ3) is 2.52. The second kappa shape index (κ2) is 4.53. The Hall–Kier alpha value is -1.55. The number of ether oxygens (including phenoxy) is 1. The van der Waals surface area contributed by atoms with Crippen LogP contribution in [0.5, 0.6) is 0 Å². The first-order valence-corrected chi connectivity index (χ1v) is 5.29. The molecule has 0 aromatic heterocycles. The number of benzene rings is 1. The number of rotatable bonds is 2. The fraction of sp³-hybridized carbons (Fsp3) is 0.273. The van der Waals surface area contributed by atoms with Gasteiger partial charge in [-0.2, -0.15) is 0 Å². The number of hydrogen-bond donors (Lipinski definition) is 1. The summed E-state index contributed by atoms with van der Waals surface area (Å²) in [7, 11) is 0. The van der Waals surface area contributed by atoms with E-state index >= 15 is 0 Å². The van der Waals surface area contributed by atoms with E-state index in [1.807, 2.05) is 0 Å². The molecule has 0 unspecified atom stereocenters. The molecule has 0 saturated carbocycles. The Kier molecular flexibility index (Phi) is 3.10. The topological polar surface area (TPSA) is 55.4 Å². The van der Waals surface area contributed by atoms with Gasteiger partial charge in [0.25, 0.3) is 5.91 Å². The first-order chi connectivity index (χ1) is 7.65. The summed E-state index contributed by atoms with van der Waals surface area (Å²) in [5.74, 6) is -0.621. The van der Waals surface area contributed by atoms with Gasteiger partial charge in [-0.15, -0.1) is 0 Å². The number of carbonyl (C=O) groups excluding carboxylic acids is 2. The molecule has 1 aromatic rings. The lowest BCUT2D eigenvalue weighted by molar-refractivity contribution is -0.146. The SMILES string of the molecule is O=C1CC[C@@H](C(=O)Nc2ccc(Cl)cc2)O1. The molecule has 1 amide bonds. The van der Waals surface area contributed by atoms with Crippen LogP contribution in [0.4, 0.5) is 5.69 Å². The quantitative estimate of drug-likeness (QED) is 0.803. The normalized spacial score (nSPS) is 19.3. The minimum Gasteiger partial charge on any atom is -0.452 e. The first kappa shape index (κ1) is 11.0. The summed E-state index contributed by atoms with van der Waals surface area (Å²) in [6, 6.07) is 6.74. The van der Waals surface area contributed by atoms with Crippen molar-refractivity contribution in [2.75, 3.05) is 5.32 Å². The molecule has 0 radical (unpaired) electrons. The molecule has 1 heterocycles. The Morgan fingerprint density at radius 3 is 2.62 bits per heavy atom. The predicted molar refractivity (Wildman–Crippen MR) is 59.2 cm³/mol. The van der Waals surface area contributed by atoms with Crippen LogP contribution in [0.15, 0.2) is 24.3 Å². The zero-order chi connectivity index (χ0) is 11.5. The molecular weight excluding hydrogens is 230 g/mol. The van der Waals surface area contributed by atoms with Crippen molar-refractivity contribution in [3.63, 3.8) is 0 Å². The lowest BCUT2D eigenvalue weighted by Gasteiger charge is -2.09. The summed E-state index contributed by atoms with van der Waals surface area (Å²) in [5.41, 5.74) is 0.636. The van der Waals surface area contributed by atoms with Crippen LogP contribution in [0.25, 0.3) is 0 Å². The lowest BCUT2D eigenvalue weighted by atomic mass is 10.2. The average Bonchev–Trinajstić information content (AvgIpc) is 2.68. The van der Waals surface area contributed by atoms with E-state index in [4.69, 9.17) is 16.3 Å². The summed E-state index contributed by atoms with van der Waals surface area (Å²) in [6.45, 7) is 0. The highest BCUT2D eigenvalue weighted by molar-refractivity contribution is 6.30. The van der Waals surface area contributed by atoms with Crippen molar-refractivity contribution < 1.29 is 14.3 Å². The smallest absolute Gasteiger partial charge is 0.306 e. The number of cyclic esters (lactones) is 1. The molecule has 0 bridgehead atoms. The Labute approximate surface area is 97.5 Å². The molecule has 4 nitrogen and oxygen atoms in total. The number of carbonyl (C=O) groups is 2. The number of nitrogens with one attached hydrogen (secondary N) is 1. The average molecular weight is 240 g/mol. The highest BCUT2D eigenvalue weighted by Gasteiger charge is 2.29. The number of esters is 1. The van der Waals surface area contributed by atoms with Crippen molar-refractivity contribution in [3.8, 4) is 0 Å². The largest absolute Gasteiger partial charge is 0.452 e. The molecule has 2 rings (SSSR count). The molecule has 84 valence electrons. The molecule has 1 aromatic carbocycles. The van der Waals surface area contributed by atoms with Crippen molar-refractivity contribution in [3.05, 3.63) is 29.3 Å². The molecule has 1 fully saturated rings. The standard InChI is InChI=1S/C11H10ClNO3/c12-7-1-3-8(4-2-7)13-11(15)9-5-6-10(14)16-9/h1-4,9H,5-6H2,(H,13,15)/t9-/m0/s1. The molecule has 5 heteroatoms. The lowest BCUT2D eigenvalue weighted by Crippen LogP contribution is -2.27. The number of anilines is 1. The Morgan fingerprint density at radius 1 is 1.38 bits per heavy atom. The predicted octanol–water partition coefficient (Wildman–Crippen LogP) is 1.98. The van der Waals surface area contributed by atoms with Gasteiger partial charge in [-0.1, -0.05) is 11.6 Å². The van der Waals surface area contributed by atoms with E-state index in [0.29, 0.717) is 23.6 Å². The van der Waals surface area contributed by atoms with E-state index in [0.717, 1.165) is 0 Å². The molecule has 0 spiro atoms. The molecule has 1 aliphatic rings. The first-order valence-electron chi connectivity index (χ1n) is 4.91. The van der Waals surface area contributed by atoms with Gasteiger partial charge < -0.3 is 10.1 Å². The minimum atomic E-state index is -0.664. The van der Waals surface area contributed by atoms with E-state index in [2.05, 4.69) is 5.32 Å². The zero-order valence-electron chi connectivity index (χ0n) is 8.40. The highest BCUT2D eigenvalue weighted by atomic mass is 35.5. The third-order valence-electron chi connectivity index (χ3n) is 2.29. The van der Waals surface area contributed by atoms with E-state index in [9.17, 15) is 9.59 Å². The van der Waals surface area contributed by atoms with Gasteiger partial charge in [-0.3, -0.25) is 9.59 Å². The number of amides is 1. The van der Waals surface area contributed by atoms with Gasteiger partial charge in [0, 0.05) is 23.6 Å². The maximum atomic E-state index is 11.6. The summed E-state index contributed by atoms with van der Waals surface area (Å²) in [5, 5.41) is 3.26. The van der Waals surface area contributed by atoms with Gasteiger partial charge in [0.2, 0.25) is 0 Å². The molecular formula is C11H10ClNO3. The van der Waals surface area contributed by atoms with Crippen molar-refractivity contribution in [1.82, 2.24) is 0 Å². The number of halogens is 1. The van der Waals surface area contributed by atoms with Crippen LogP contribution >= 0.6 is 11.6 Å². The second-order valence-electron chi connectivity index (χ2n) is 3.51. The summed E-state index contributed by atoms with van der Waals surface area (Å²) < 4.78 is 4.84. The minimum absolute atomic E-state index is 0.298. The van der Waals surface area contributed by atoms with Crippen LogP contribution in [0.2, 0.25) is 5.02 Å². The summed E-state index contributed by atoms with van der Waals surface area (Å²) in [6.07, 6.45) is 0.0833. The molecule has 1 saturated heterocycles. The summed E-state index contributed by atoms with van der Waals surface area (Å²) >= 11 is 5.71. The second-order valence-corrected chi connectivity index (χ2v) is 3.95. The maximum absolute atomic E-state index is 11.6. The van der Waals surface area contributed by atoms with Crippen molar-refractivity contribution in [1.29, 1.82) is 0 Å². The van der Waals surface area contributed by atoms with Gasteiger partial charge in [-0.25, -0.2) is 0 Å². The Balaban J connectivity index is 1.97. The monoisotopic (exact) mass is 239 g/mol. The van der Waals surface area contributed by atoms with Crippen LogP contribution in [0.3, 0.4) is 0 Å². The Bertz CT molecular complexity index is 416. The molecule has 0 aliphatic carbocycles. The van der Waals surface area contributed by atoms with Gasteiger partial charge in [0.1, 0.15) is 0 Å². The van der Waals surface area contributed by atoms with Crippen molar-refractivity contribution in [2.24, 2.45) is 0 Å². The Morgan fingerprint density at radius 2 is 2.06 bits per heavy atom. The fourth-order valence-corrected chi connectivity index (χ4v) is 1.59. The van der Waals surface area contributed by atoms with E-state index < -0.39 is 6.10 Å². The van der Waals surface area contributed by atoms with E-state index in [1.165, 1.54) is 0 Å². The third-order valence-corrected chi connectivity index (χ3v) is 2.54. The van der Waals surface area contributed by atoms with Gasteiger partial charge >= 0.3 is 5.97 Å². The van der Waals surface area contributed by atoms with Crippen molar-refractivity contribution in [2.45, 2.75) is 18.9 Å². The fourth-order valence-electron chi connectivity index (χ4n) is 1.47. The molecule has 16 heavy (non-hydrogen) atoms. The maximum Gasteiger partial charge on any atom is 0.306 e. The van der Waals surface area contributed by atoms with Gasteiger partial charge in [0.05, 0.1) is 0 Å². The molecule has 1 aliphatic heterocycles. The van der Waals surface area contributed by atoms with Crippen LogP contribution in [0, 0.1) is 0 Å². The highest BCUT2D eigenvalue weighted by Crippen LogP contribution is 2.17. The summed E-state index contributed by atoms with van der Waals surface area (Å²) in [4.78, 5) is 22.5. The van der Waals surface area contributed by atoms with Crippen LogP contribution < -0.4 is 5.32 Å². The molecule has 1 atom stereocenters. The van der Waals surface area contributed by atoms with Gasteiger partial charge in [0.15, 0.2) is 6.10 Å². The molecule has 1 N–H and O–H groups in total. The van der Waals surface area contributed by atoms with Crippen molar-refractivity contribution >= 4 is 29.2 Å². The number of hydrogen-bond acceptors (Lipinski definition) is 3. The van der Waals surface area contributed by atoms with Gasteiger partial charge in [-0.05, 0) is 24.3 Å². The van der Waals surface area contributed by atoms with Crippen LogP contribution in [-0.2, 0) is 14.3 Å². The van der Waals surface area contributed by atoms with E-state index in [1.54, 1.807) is 24.3 Å². The zero-order valence-corrected chi connectivity index (χ0v) is 9.16. The van der Waals surface area contributed by atoms with E-state index in [-0.39, 0.29) is 11.9 Å². The van der Waals surface area contributed by atoms with Crippen LogP contribution in [-0.4, -0.2) is 18.0 Å². The van der Waals surface area contributed by atoms with Crippen LogP contribution in [0.1, 0.15) is 12.8 Å².